The number of anilines is 1. The van der Waals surface area contributed by atoms with Gasteiger partial charge in [0.05, 0.1) is 0 Å². The van der Waals surface area contributed by atoms with Gasteiger partial charge in [0.15, 0.2) is 0 Å². The Balaban J connectivity index is 2.63. The molecule has 0 aliphatic rings. The van der Waals surface area contributed by atoms with Crippen LogP contribution in [0.3, 0.4) is 0 Å². The minimum absolute atomic E-state index is 0.390. The third kappa shape index (κ3) is 5.83. The maximum Gasteiger partial charge on any atom is 0.326 e. The van der Waals surface area contributed by atoms with E-state index in [4.69, 9.17) is 5.11 Å². The summed E-state index contributed by atoms with van der Waals surface area (Å²) in [5, 5.41) is 14.1. The second-order valence-corrected chi connectivity index (χ2v) is 6.19. The molecule has 0 spiro atoms. The van der Waals surface area contributed by atoms with Crippen molar-refractivity contribution in [3.63, 3.8) is 0 Å². The molecule has 110 valence electrons. The van der Waals surface area contributed by atoms with Gasteiger partial charge >= 0.3 is 12.0 Å². The lowest BCUT2D eigenvalue weighted by atomic mass is 10.2. The number of thioether (sulfide) groups is 1. The number of carbonyl (C=O) groups is 2. The molecule has 0 saturated carbocycles. The maximum absolute atomic E-state index is 11.8. The van der Waals surface area contributed by atoms with Gasteiger partial charge in [0, 0.05) is 10.2 Å². The first kappa shape index (κ1) is 16.8. The molecule has 0 aliphatic carbocycles. The van der Waals surface area contributed by atoms with Crippen LogP contribution in [0.4, 0.5) is 10.5 Å². The van der Waals surface area contributed by atoms with E-state index < -0.39 is 18.0 Å². The number of carbonyl (C=O) groups excluding carboxylic acids is 1. The van der Waals surface area contributed by atoms with Gasteiger partial charge in [-0.15, -0.1) is 0 Å². The molecule has 0 aliphatic heterocycles. The molecule has 0 radical (unpaired) electrons. The Morgan fingerprint density at radius 3 is 2.65 bits per heavy atom. The van der Waals surface area contributed by atoms with E-state index >= 15 is 0 Å². The van der Waals surface area contributed by atoms with Gasteiger partial charge in [0.1, 0.15) is 6.04 Å². The summed E-state index contributed by atoms with van der Waals surface area (Å²) in [6.45, 7) is 1.91. The van der Waals surface area contributed by atoms with E-state index in [0.29, 0.717) is 17.9 Å². The van der Waals surface area contributed by atoms with E-state index in [0.717, 1.165) is 10.0 Å². The standard InChI is InChI=1S/C13H17BrN2O3S/c1-8-5-9(14)7-10(6-8)15-13(19)16-11(12(17)18)3-4-20-2/h5-7,11H,3-4H2,1-2H3,(H,17,18)(H2,15,16,19)/t11-/m1/s1. The molecular weight excluding hydrogens is 344 g/mol. The molecule has 0 heterocycles. The van der Waals surface area contributed by atoms with Crippen LogP contribution >= 0.6 is 27.7 Å². The van der Waals surface area contributed by atoms with Crippen LogP contribution in [0.25, 0.3) is 0 Å². The number of hydrogen-bond acceptors (Lipinski definition) is 3. The van der Waals surface area contributed by atoms with Crippen molar-refractivity contribution in [3.8, 4) is 0 Å². The fourth-order valence-corrected chi connectivity index (χ4v) is 2.71. The lowest BCUT2D eigenvalue weighted by Gasteiger charge is -2.15. The SMILES string of the molecule is CSCC[C@@H](NC(=O)Nc1cc(C)cc(Br)c1)C(=O)O. The number of aliphatic carboxylic acids is 1. The van der Waals surface area contributed by atoms with Gasteiger partial charge in [-0.3, -0.25) is 0 Å². The Kier molecular flexibility index (Phi) is 6.87. The Morgan fingerprint density at radius 2 is 2.10 bits per heavy atom. The van der Waals surface area contributed by atoms with Crippen LogP contribution < -0.4 is 10.6 Å². The Morgan fingerprint density at radius 1 is 1.40 bits per heavy atom. The van der Waals surface area contributed by atoms with Crippen LogP contribution in [0.2, 0.25) is 0 Å². The first-order chi connectivity index (χ1) is 9.42. The summed E-state index contributed by atoms with van der Waals surface area (Å²) in [5.74, 6) is -0.354. The Hall–Kier alpha value is -1.21. The number of amides is 2. The average molecular weight is 361 g/mol. The highest BCUT2D eigenvalue weighted by Gasteiger charge is 2.19. The van der Waals surface area contributed by atoms with Crippen LogP contribution in [0.5, 0.6) is 0 Å². The van der Waals surface area contributed by atoms with E-state index in [1.165, 1.54) is 0 Å². The van der Waals surface area contributed by atoms with Gasteiger partial charge in [-0.1, -0.05) is 15.9 Å². The van der Waals surface area contributed by atoms with Crippen molar-refractivity contribution in [2.24, 2.45) is 0 Å². The lowest BCUT2D eigenvalue weighted by Crippen LogP contribution is -2.43. The lowest BCUT2D eigenvalue weighted by molar-refractivity contribution is -0.139. The number of benzene rings is 1. The summed E-state index contributed by atoms with van der Waals surface area (Å²) >= 11 is 4.88. The van der Waals surface area contributed by atoms with Gasteiger partial charge in [-0.05, 0) is 49.1 Å². The van der Waals surface area contributed by atoms with E-state index in [2.05, 4.69) is 26.6 Å². The fourth-order valence-electron chi connectivity index (χ4n) is 1.63. The monoisotopic (exact) mass is 360 g/mol. The second-order valence-electron chi connectivity index (χ2n) is 4.29. The highest BCUT2D eigenvalue weighted by atomic mass is 79.9. The predicted octanol–water partition coefficient (Wildman–Crippen LogP) is 3.09. The molecule has 1 rings (SSSR count). The highest BCUT2D eigenvalue weighted by Crippen LogP contribution is 2.19. The smallest absolute Gasteiger partial charge is 0.326 e. The highest BCUT2D eigenvalue weighted by molar-refractivity contribution is 9.10. The van der Waals surface area contributed by atoms with Crippen molar-refractivity contribution in [3.05, 3.63) is 28.2 Å². The number of aryl methyl sites for hydroxylation is 1. The molecule has 5 nitrogen and oxygen atoms in total. The molecule has 7 heteroatoms. The summed E-state index contributed by atoms with van der Waals surface area (Å²) in [7, 11) is 0. The zero-order valence-electron chi connectivity index (χ0n) is 11.3. The number of carboxylic acid groups (broad SMARTS) is 1. The van der Waals surface area contributed by atoms with E-state index in [1.807, 2.05) is 25.3 Å². The quantitative estimate of drug-likeness (QED) is 0.728. The van der Waals surface area contributed by atoms with Crippen LogP contribution in [-0.2, 0) is 4.79 Å². The molecule has 1 aromatic carbocycles. The molecule has 0 bridgehead atoms. The van der Waals surface area contributed by atoms with Gasteiger partial charge in [0.2, 0.25) is 0 Å². The van der Waals surface area contributed by atoms with Crippen LogP contribution in [0.15, 0.2) is 22.7 Å². The topological polar surface area (TPSA) is 78.4 Å². The van der Waals surface area contributed by atoms with Crippen LogP contribution in [-0.4, -0.2) is 35.2 Å². The van der Waals surface area contributed by atoms with Gasteiger partial charge in [0.25, 0.3) is 0 Å². The number of carboxylic acids is 1. The van der Waals surface area contributed by atoms with Crippen molar-refractivity contribution >= 4 is 45.4 Å². The second kappa shape index (κ2) is 8.16. The molecule has 1 atom stereocenters. The molecule has 0 aromatic heterocycles. The molecule has 0 saturated heterocycles. The van der Waals surface area contributed by atoms with E-state index in [1.54, 1.807) is 17.8 Å². The largest absolute Gasteiger partial charge is 0.480 e. The number of hydrogen-bond donors (Lipinski definition) is 3. The maximum atomic E-state index is 11.8. The molecule has 2 amide bonds. The van der Waals surface area contributed by atoms with Crippen molar-refractivity contribution in [2.75, 3.05) is 17.3 Å². The fraction of sp³-hybridized carbons (Fsp3) is 0.385. The molecule has 20 heavy (non-hydrogen) atoms. The third-order valence-electron chi connectivity index (χ3n) is 2.51. The van der Waals surface area contributed by atoms with Gasteiger partial charge in [-0.25, -0.2) is 9.59 Å². The molecule has 0 fully saturated rings. The summed E-state index contributed by atoms with van der Waals surface area (Å²) < 4.78 is 0.852. The van der Waals surface area contributed by atoms with Crippen molar-refractivity contribution < 1.29 is 14.7 Å². The first-order valence-electron chi connectivity index (χ1n) is 5.99. The minimum atomic E-state index is -1.03. The summed E-state index contributed by atoms with van der Waals surface area (Å²) in [5.41, 5.74) is 1.61. The predicted molar refractivity (Wildman–Crippen MR) is 85.5 cm³/mol. The summed E-state index contributed by atoms with van der Waals surface area (Å²) in [4.78, 5) is 22.8. The molecule has 1 aromatic rings. The molecule has 0 unspecified atom stereocenters. The third-order valence-corrected chi connectivity index (χ3v) is 3.62. The number of urea groups is 1. The Bertz CT molecular complexity index is 476. The van der Waals surface area contributed by atoms with Crippen LogP contribution in [0, 0.1) is 6.92 Å². The molecule has 3 N–H and O–H groups in total. The number of halogens is 1. The van der Waals surface area contributed by atoms with E-state index in [-0.39, 0.29) is 0 Å². The zero-order valence-corrected chi connectivity index (χ0v) is 13.7. The number of rotatable bonds is 6. The summed E-state index contributed by atoms with van der Waals surface area (Å²) in [6, 6.07) is 4.08. The molecular formula is C13H17BrN2O3S. The average Bonchev–Trinajstić information content (AvgIpc) is 2.32. The van der Waals surface area contributed by atoms with Gasteiger partial charge in [-0.2, -0.15) is 11.8 Å². The zero-order chi connectivity index (χ0) is 15.1. The van der Waals surface area contributed by atoms with E-state index in [9.17, 15) is 9.59 Å². The van der Waals surface area contributed by atoms with Crippen LogP contribution in [0.1, 0.15) is 12.0 Å². The Labute approximate surface area is 130 Å². The van der Waals surface area contributed by atoms with Crippen molar-refractivity contribution in [1.82, 2.24) is 5.32 Å². The van der Waals surface area contributed by atoms with Crippen molar-refractivity contribution in [2.45, 2.75) is 19.4 Å². The summed E-state index contributed by atoms with van der Waals surface area (Å²) in [6.07, 6.45) is 2.28. The number of nitrogens with one attached hydrogen (secondary N) is 2. The first-order valence-corrected chi connectivity index (χ1v) is 8.17. The normalized spacial score (nSPS) is 11.8. The van der Waals surface area contributed by atoms with Gasteiger partial charge < -0.3 is 15.7 Å². The van der Waals surface area contributed by atoms with Crippen molar-refractivity contribution in [1.29, 1.82) is 0 Å². The minimum Gasteiger partial charge on any atom is -0.480 e.